The van der Waals surface area contributed by atoms with Gasteiger partial charge in [-0.1, -0.05) is 19.9 Å². The summed E-state index contributed by atoms with van der Waals surface area (Å²) in [6.45, 7) is 4.54. The summed E-state index contributed by atoms with van der Waals surface area (Å²) < 4.78 is 5.09. The molecule has 0 atom stereocenters. The van der Waals surface area contributed by atoms with Gasteiger partial charge in [-0.05, 0) is 31.0 Å². The first-order valence-electron chi connectivity index (χ1n) is 6.25. The minimum absolute atomic E-state index is 0.120. The van der Waals surface area contributed by atoms with Crippen molar-refractivity contribution in [2.75, 3.05) is 13.7 Å². The van der Waals surface area contributed by atoms with Gasteiger partial charge in [0.05, 0.1) is 7.11 Å². The Morgan fingerprint density at radius 1 is 1.39 bits per heavy atom. The van der Waals surface area contributed by atoms with E-state index < -0.39 is 0 Å². The summed E-state index contributed by atoms with van der Waals surface area (Å²) in [6.07, 6.45) is 1.67. The normalized spacial score (nSPS) is 11.1. The number of amides is 1. The standard InChI is InChI=1S/C14H22N2O2/c1-4-14(15,5-2)10-16-13(17)11-7-6-8-12(9-11)18-3/h6-9H,4-5,10,15H2,1-3H3,(H,16,17). The highest BCUT2D eigenvalue weighted by Gasteiger charge is 2.21. The first-order chi connectivity index (χ1) is 8.54. The molecule has 0 aromatic heterocycles. The second kappa shape index (κ2) is 6.40. The van der Waals surface area contributed by atoms with Crippen LogP contribution in [0, 0.1) is 0 Å². The van der Waals surface area contributed by atoms with E-state index in [0.29, 0.717) is 17.9 Å². The second-order valence-electron chi connectivity index (χ2n) is 4.48. The fourth-order valence-corrected chi connectivity index (χ4v) is 1.62. The molecule has 3 N–H and O–H groups in total. The lowest BCUT2D eigenvalue weighted by molar-refractivity contribution is 0.0942. The van der Waals surface area contributed by atoms with Gasteiger partial charge < -0.3 is 15.8 Å². The third kappa shape index (κ3) is 3.74. The van der Waals surface area contributed by atoms with E-state index in [1.807, 2.05) is 19.9 Å². The maximum atomic E-state index is 12.0. The molecule has 0 aliphatic heterocycles. The summed E-state index contributed by atoms with van der Waals surface area (Å²) in [4.78, 5) is 12.0. The molecule has 0 radical (unpaired) electrons. The van der Waals surface area contributed by atoms with Crippen LogP contribution in [0.4, 0.5) is 0 Å². The third-order valence-electron chi connectivity index (χ3n) is 3.34. The monoisotopic (exact) mass is 250 g/mol. The van der Waals surface area contributed by atoms with Crippen LogP contribution in [-0.4, -0.2) is 25.1 Å². The van der Waals surface area contributed by atoms with Gasteiger partial charge in [0.1, 0.15) is 5.75 Å². The van der Waals surface area contributed by atoms with Crippen LogP contribution in [0.15, 0.2) is 24.3 Å². The van der Waals surface area contributed by atoms with Crippen LogP contribution in [0.1, 0.15) is 37.0 Å². The first kappa shape index (κ1) is 14.5. The van der Waals surface area contributed by atoms with E-state index >= 15 is 0 Å². The SMILES string of the molecule is CCC(N)(CC)CNC(=O)c1cccc(OC)c1. The number of carbonyl (C=O) groups excluding carboxylic acids is 1. The maximum absolute atomic E-state index is 12.0. The molecule has 1 aromatic carbocycles. The van der Waals surface area contributed by atoms with Crippen LogP contribution in [0.5, 0.6) is 5.75 Å². The van der Waals surface area contributed by atoms with Crippen LogP contribution >= 0.6 is 0 Å². The number of methoxy groups -OCH3 is 1. The Hall–Kier alpha value is -1.55. The van der Waals surface area contributed by atoms with Crippen LogP contribution in [0.3, 0.4) is 0 Å². The summed E-state index contributed by atoms with van der Waals surface area (Å²) in [5, 5.41) is 2.87. The molecule has 4 heteroatoms. The average molecular weight is 250 g/mol. The predicted molar refractivity (Wildman–Crippen MR) is 72.8 cm³/mol. The fourth-order valence-electron chi connectivity index (χ4n) is 1.62. The van der Waals surface area contributed by atoms with Gasteiger partial charge in [-0.2, -0.15) is 0 Å². The molecule has 0 bridgehead atoms. The first-order valence-corrected chi connectivity index (χ1v) is 6.25. The lowest BCUT2D eigenvalue weighted by atomic mass is 9.94. The van der Waals surface area contributed by atoms with E-state index in [4.69, 9.17) is 10.5 Å². The third-order valence-corrected chi connectivity index (χ3v) is 3.34. The molecule has 1 amide bonds. The van der Waals surface area contributed by atoms with Gasteiger partial charge in [0.15, 0.2) is 0 Å². The second-order valence-corrected chi connectivity index (χ2v) is 4.48. The zero-order chi connectivity index (χ0) is 13.6. The maximum Gasteiger partial charge on any atom is 0.251 e. The van der Waals surface area contributed by atoms with Crippen LogP contribution in [-0.2, 0) is 0 Å². The molecule has 1 rings (SSSR count). The molecule has 0 heterocycles. The van der Waals surface area contributed by atoms with E-state index in [2.05, 4.69) is 5.32 Å². The summed E-state index contributed by atoms with van der Waals surface area (Å²) in [5.74, 6) is 0.554. The lowest BCUT2D eigenvalue weighted by Gasteiger charge is -2.26. The van der Waals surface area contributed by atoms with E-state index in [1.54, 1.807) is 25.3 Å². The molecule has 0 aliphatic carbocycles. The number of benzene rings is 1. The van der Waals surface area contributed by atoms with Crippen molar-refractivity contribution in [1.29, 1.82) is 0 Å². The van der Waals surface area contributed by atoms with E-state index in [1.165, 1.54) is 0 Å². The Morgan fingerprint density at radius 3 is 2.61 bits per heavy atom. The van der Waals surface area contributed by atoms with Gasteiger partial charge in [0.25, 0.3) is 5.91 Å². The Morgan fingerprint density at radius 2 is 2.06 bits per heavy atom. The van der Waals surface area contributed by atoms with Crippen molar-refractivity contribution in [1.82, 2.24) is 5.32 Å². The number of rotatable bonds is 6. The molecular formula is C14H22N2O2. The molecule has 0 unspecified atom stereocenters. The Labute approximate surface area is 109 Å². The summed E-state index contributed by atoms with van der Waals surface area (Å²) in [6, 6.07) is 7.07. The van der Waals surface area contributed by atoms with Crippen molar-refractivity contribution in [3.8, 4) is 5.75 Å². The highest BCUT2D eigenvalue weighted by Crippen LogP contribution is 2.13. The van der Waals surface area contributed by atoms with Crippen molar-refractivity contribution >= 4 is 5.91 Å². The Balaban J connectivity index is 2.65. The zero-order valence-electron chi connectivity index (χ0n) is 11.3. The smallest absolute Gasteiger partial charge is 0.251 e. The number of nitrogens with one attached hydrogen (secondary N) is 1. The van der Waals surface area contributed by atoms with Crippen molar-refractivity contribution in [3.63, 3.8) is 0 Å². The number of ether oxygens (including phenoxy) is 1. The van der Waals surface area contributed by atoms with E-state index in [-0.39, 0.29) is 11.4 Å². The lowest BCUT2D eigenvalue weighted by Crippen LogP contribution is -2.49. The zero-order valence-corrected chi connectivity index (χ0v) is 11.3. The Bertz CT molecular complexity index is 401. The van der Waals surface area contributed by atoms with Crippen LogP contribution < -0.4 is 15.8 Å². The Kier molecular flexibility index (Phi) is 5.16. The van der Waals surface area contributed by atoms with Gasteiger partial charge in [0.2, 0.25) is 0 Å². The topological polar surface area (TPSA) is 64.3 Å². The van der Waals surface area contributed by atoms with Crippen molar-refractivity contribution in [2.24, 2.45) is 5.73 Å². The number of carbonyl (C=O) groups is 1. The van der Waals surface area contributed by atoms with Gasteiger partial charge in [-0.15, -0.1) is 0 Å². The van der Waals surface area contributed by atoms with Gasteiger partial charge >= 0.3 is 0 Å². The number of hydrogen-bond donors (Lipinski definition) is 2. The van der Waals surface area contributed by atoms with Gasteiger partial charge in [-0.25, -0.2) is 0 Å². The molecule has 0 spiro atoms. The van der Waals surface area contributed by atoms with E-state index in [9.17, 15) is 4.79 Å². The molecule has 18 heavy (non-hydrogen) atoms. The average Bonchev–Trinajstić information content (AvgIpc) is 2.44. The van der Waals surface area contributed by atoms with Crippen molar-refractivity contribution in [2.45, 2.75) is 32.2 Å². The highest BCUT2D eigenvalue weighted by molar-refractivity contribution is 5.94. The minimum atomic E-state index is -0.325. The molecule has 0 saturated carbocycles. The summed E-state index contributed by atoms with van der Waals surface area (Å²) in [5.41, 5.74) is 6.40. The van der Waals surface area contributed by atoms with Crippen molar-refractivity contribution in [3.05, 3.63) is 29.8 Å². The fraction of sp³-hybridized carbons (Fsp3) is 0.500. The summed E-state index contributed by atoms with van der Waals surface area (Å²) >= 11 is 0. The van der Waals surface area contributed by atoms with Crippen molar-refractivity contribution < 1.29 is 9.53 Å². The quantitative estimate of drug-likeness (QED) is 0.811. The molecule has 4 nitrogen and oxygen atoms in total. The molecule has 0 saturated heterocycles. The van der Waals surface area contributed by atoms with E-state index in [0.717, 1.165) is 12.8 Å². The molecule has 100 valence electrons. The number of hydrogen-bond acceptors (Lipinski definition) is 3. The molecule has 1 aromatic rings. The van der Waals surface area contributed by atoms with Gasteiger partial charge in [-0.3, -0.25) is 4.79 Å². The van der Waals surface area contributed by atoms with Gasteiger partial charge in [0, 0.05) is 17.6 Å². The van der Waals surface area contributed by atoms with Crippen LogP contribution in [0.2, 0.25) is 0 Å². The molecule has 0 fully saturated rings. The minimum Gasteiger partial charge on any atom is -0.497 e. The largest absolute Gasteiger partial charge is 0.497 e. The van der Waals surface area contributed by atoms with Crippen LogP contribution in [0.25, 0.3) is 0 Å². The summed E-state index contributed by atoms with van der Waals surface area (Å²) in [7, 11) is 1.58. The number of nitrogens with two attached hydrogens (primary N) is 1. The predicted octanol–water partition coefficient (Wildman–Crippen LogP) is 1.94. The molecule has 0 aliphatic rings. The molecular weight excluding hydrogens is 228 g/mol. The highest BCUT2D eigenvalue weighted by atomic mass is 16.5.